The molecule has 148 valence electrons. The van der Waals surface area contributed by atoms with Crippen molar-refractivity contribution >= 4 is 23.4 Å². The number of benzene rings is 2. The van der Waals surface area contributed by atoms with Gasteiger partial charge in [0.25, 0.3) is 5.91 Å². The first kappa shape index (κ1) is 19.8. The van der Waals surface area contributed by atoms with Gasteiger partial charge in [-0.2, -0.15) is 13.2 Å². The van der Waals surface area contributed by atoms with E-state index >= 15 is 0 Å². The van der Waals surface area contributed by atoms with Gasteiger partial charge in [0.15, 0.2) is 11.8 Å². The van der Waals surface area contributed by atoms with Crippen LogP contribution in [0.1, 0.15) is 31.2 Å². The highest BCUT2D eigenvalue weighted by molar-refractivity contribution is 6.00. The highest BCUT2D eigenvalue weighted by atomic mass is 19.4. The minimum Gasteiger partial charge on any atom is -0.476 e. The summed E-state index contributed by atoms with van der Waals surface area (Å²) < 4.78 is 42.3. The van der Waals surface area contributed by atoms with Gasteiger partial charge in [0.2, 0.25) is 0 Å². The molecular formula is C20H19F3N2O3. The summed E-state index contributed by atoms with van der Waals surface area (Å²) in [6.45, 7) is 3.32. The third-order valence-corrected chi connectivity index (χ3v) is 4.16. The summed E-state index contributed by atoms with van der Waals surface area (Å²) in [5, 5.41) is 16.0. The number of nitrogens with one attached hydrogen (secondary N) is 2. The Morgan fingerprint density at radius 3 is 2.50 bits per heavy atom. The second-order valence-corrected chi connectivity index (χ2v) is 6.87. The maximum atomic E-state index is 12.2. The Morgan fingerprint density at radius 2 is 1.86 bits per heavy atom. The first-order valence-corrected chi connectivity index (χ1v) is 8.48. The van der Waals surface area contributed by atoms with E-state index in [4.69, 9.17) is 4.74 Å². The van der Waals surface area contributed by atoms with Gasteiger partial charge in [0.05, 0.1) is 5.69 Å². The van der Waals surface area contributed by atoms with Crippen molar-refractivity contribution in [3.05, 3.63) is 59.7 Å². The van der Waals surface area contributed by atoms with Crippen LogP contribution in [0, 0.1) is 0 Å². The predicted octanol–water partition coefficient (Wildman–Crippen LogP) is 4.47. The fourth-order valence-electron chi connectivity index (χ4n) is 2.62. The number of hydrogen-bond acceptors (Lipinski definition) is 4. The van der Waals surface area contributed by atoms with Crippen LogP contribution in [0.4, 0.5) is 24.5 Å². The van der Waals surface area contributed by atoms with Crippen LogP contribution in [-0.2, 0) is 4.79 Å². The number of alkyl halides is 3. The van der Waals surface area contributed by atoms with Crippen molar-refractivity contribution in [3.63, 3.8) is 0 Å². The van der Waals surface area contributed by atoms with Gasteiger partial charge in [-0.25, -0.2) is 0 Å². The molecule has 0 saturated heterocycles. The quantitative estimate of drug-likeness (QED) is 0.672. The number of hydrogen-bond donors (Lipinski definition) is 3. The number of carbonyl (C=O) groups is 1. The van der Waals surface area contributed by atoms with Gasteiger partial charge < -0.3 is 20.5 Å². The second-order valence-electron chi connectivity index (χ2n) is 6.87. The van der Waals surface area contributed by atoms with Crippen LogP contribution in [0.15, 0.2) is 48.5 Å². The summed E-state index contributed by atoms with van der Waals surface area (Å²) in [5.74, 6) is 0.241. The fourth-order valence-corrected chi connectivity index (χ4v) is 2.62. The molecule has 1 atom stereocenters. The standard InChI is InChI=1S/C20H19F3N2O3/c1-19(2)18(27)25-15-11-14(7-8-16(15)28-19)24-17(26)13-5-3-12(4-6-13)9-10-20(21,22)23/h3-11,17,24,26H,1-2H3,(H,25,27)/b10-9+. The van der Waals surface area contributed by atoms with Crippen molar-refractivity contribution in [2.24, 2.45) is 0 Å². The molecule has 1 heterocycles. The van der Waals surface area contributed by atoms with Crippen LogP contribution in [0.2, 0.25) is 0 Å². The summed E-state index contributed by atoms with van der Waals surface area (Å²) >= 11 is 0. The highest BCUT2D eigenvalue weighted by Gasteiger charge is 2.35. The van der Waals surface area contributed by atoms with Crippen LogP contribution in [0.25, 0.3) is 6.08 Å². The molecule has 0 spiro atoms. The Balaban J connectivity index is 1.70. The lowest BCUT2D eigenvalue weighted by Gasteiger charge is -2.31. The number of aliphatic hydroxyl groups excluding tert-OH is 1. The van der Waals surface area contributed by atoms with Crippen LogP contribution in [0.3, 0.4) is 0 Å². The summed E-state index contributed by atoms with van der Waals surface area (Å²) in [4.78, 5) is 12.0. The third kappa shape index (κ3) is 4.64. The smallest absolute Gasteiger partial charge is 0.409 e. The Hall–Kier alpha value is -3.00. The number of carbonyl (C=O) groups excluding carboxylic acids is 1. The van der Waals surface area contributed by atoms with Crippen LogP contribution < -0.4 is 15.4 Å². The average molecular weight is 392 g/mol. The van der Waals surface area contributed by atoms with E-state index < -0.39 is 18.0 Å². The van der Waals surface area contributed by atoms with E-state index in [1.54, 1.807) is 32.0 Å². The lowest BCUT2D eigenvalue weighted by atomic mass is 10.1. The predicted molar refractivity (Wildman–Crippen MR) is 99.9 cm³/mol. The number of aliphatic hydroxyl groups is 1. The number of rotatable bonds is 4. The average Bonchev–Trinajstić information content (AvgIpc) is 2.61. The number of fused-ring (bicyclic) bond motifs is 1. The van der Waals surface area contributed by atoms with Gasteiger partial charge in [-0.05, 0) is 37.6 Å². The maximum absolute atomic E-state index is 12.2. The lowest BCUT2D eigenvalue weighted by Crippen LogP contribution is -2.45. The SMILES string of the molecule is CC1(C)Oc2ccc(NC(O)c3ccc(/C=C/C(F)(F)F)cc3)cc2NC1=O. The molecule has 0 aromatic heterocycles. The molecule has 3 rings (SSSR count). The molecule has 1 amide bonds. The van der Waals surface area contributed by atoms with Crippen molar-refractivity contribution < 1.29 is 27.8 Å². The zero-order chi connectivity index (χ0) is 20.5. The second kappa shape index (κ2) is 7.20. The van der Waals surface area contributed by atoms with Crippen LogP contribution in [-0.4, -0.2) is 22.8 Å². The number of anilines is 2. The summed E-state index contributed by atoms with van der Waals surface area (Å²) in [7, 11) is 0. The molecule has 3 N–H and O–H groups in total. The molecular weight excluding hydrogens is 373 g/mol. The van der Waals surface area contributed by atoms with Crippen molar-refractivity contribution in [3.8, 4) is 5.75 Å². The van der Waals surface area contributed by atoms with Gasteiger partial charge in [0, 0.05) is 17.3 Å². The van der Waals surface area contributed by atoms with E-state index in [1.165, 1.54) is 24.3 Å². The first-order chi connectivity index (χ1) is 13.0. The van der Waals surface area contributed by atoms with Gasteiger partial charge in [-0.15, -0.1) is 0 Å². The maximum Gasteiger partial charge on any atom is 0.409 e. The van der Waals surface area contributed by atoms with Gasteiger partial charge in [0.1, 0.15) is 5.75 Å². The Labute approximate surface area is 159 Å². The van der Waals surface area contributed by atoms with Gasteiger partial charge >= 0.3 is 6.18 Å². The Kier molecular flexibility index (Phi) is 5.08. The molecule has 2 aromatic carbocycles. The monoisotopic (exact) mass is 392 g/mol. The number of ether oxygens (including phenoxy) is 1. The summed E-state index contributed by atoms with van der Waals surface area (Å²) in [5.41, 5.74) is 0.891. The number of amides is 1. The summed E-state index contributed by atoms with van der Waals surface area (Å²) in [6.07, 6.45) is -4.35. The first-order valence-electron chi connectivity index (χ1n) is 8.48. The Bertz CT molecular complexity index is 906. The van der Waals surface area contributed by atoms with Crippen LogP contribution in [0.5, 0.6) is 5.75 Å². The number of allylic oxidation sites excluding steroid dienone is 1. The topological polar surface area (TPSA) is 70.6 Å². The van der Waals surface area contributed by atoms with Crippen molar-refractivity contribution in [1.82, 2.24) is 0 Å². The van der Waals surface area contributed by atoms with Crippen LogP contribution >= 0.6 is 0 Å². The van der Waals surface area contributed by atoms with E-state index in [1.807, 2.05) is 0 Å². The van der Waals surface area contributed by atoms with Crippen molar-refractivity contribution in [2.75, 3.05) is 10.6 Å². The van der Waals surface area contributed by atoms with E-state index in [0.717, 1.165) is 6.08 Å². The third-order valence-electron chi connectivity index (χ3n) is 4.16. The van der Waals surface area contributed by atoms with E-state index in [9.17, 15) is 23.1 Å². The molecule has 2 aromatic rings. The number of halogens is 3. The molecule has 1 aliphatic rings. The molecule has 0 radical (unpaired) electrons. The Morgan fingerprint density at radius 1 is 1.18 bits per heavy atom. The van der Waals surface area contributed by atoms with Crippen molar-refractivity contribution in [1.29, 1.82) is 0 Å². The summed E-state index contributed by atoms with van der Waals surface area (Å²) in [6, 6.07) is 11.0. The highest BCUT2D eigenvalue weighted by Crippen LogP contribution is 2.36. The van der Waals surface area contributed by atoms with E-state index in [2.05, 4.69) is 10.6 Å². The molecule has 1 aliphatic heterocycles. The van der Waals surface area contributed by atoms with Crippen molar-refractivity contribution in [2.45, 2.75) is 31.9 Å². The fraction of sp³-hybridized carbons (Fsp3) is 0.250. The molecule has 1 unspecified atom stereocenters. The lowest BCUT2D eigenvalue weighted by molar-refractivity contribution is -0.129. The molecule has 0 aliphatic carbocycles. The van der Waals surface area contributed by atoms with E-state index in [-0.39, 0.29) is 12.0 Å². The largest absolute Gasteiger partial charge is 0.476 e. The van der Waals surface area contributed by atoms with Gasteiger partial charge in [-0.3, -0.25) is 4.79 Å². The molecule has 5 nitrogen and oxygen atoms in total. The normalized spacial score (nSPS) is 16.9. The molecule has 0 fully saturated rings. The molecule has 0 bridgehead atoms. The molecule has 28 heavy (non-hydrogen) atoms. The zero-order valence-electron chi connectivity index (χ0n) is 15.2. The van der Waals surface area contributed by atoms with Gasteiger partial charge in [-0.1, -0.05) is 30.3 Å². The van der Waals surface area contributed by atoms with E-state index in [0.29, 0.717) is 28.3 Å². The minimum absolute atomic E-state index is 0.154. The minimum atomic E-state index is -4.37. The molecule has 8 heteroatoms. The molecule has 0 saturated carbocycles. The zero-order valence-corrected chi connectivity index (χ0v) is 15.2.